The number of carbonyl (C=O) groups is 3. The quantitative estimate of drug-likeness (QED) is 0.379. The van der Waals surface area contributed by atoms with Crippen molar-refractivity contribution in [3.8, 4) is 0 Å². The highest BCUT2D eigenvalue weighted by atomic mass is 35.5. The molecule has 2 aliphatic rings. The summed E-state index contributed by atoms with van der Waals surface area (Å²) in [5.41, 5.74) is 0.00534. The molecule has 0 aromatic heterocycles. The molecule has 0 spiro atoms. The highest BCUT2D eigenvalue weighted by Crippen LogP contribution is 2.33. The summed E-state index contributed by atoms with van der Waals surface area (Å²) in [6.45, 7) is 4.84. The van der Waals surface area contributed by atoms with Crippen molar-refractivity contribution >= 4 is 40.7 Å². The zero-order valence-corrected chi connectivity index (χ0v) is 25.0. The van der Waals surface area contributed by atoms with E-state index in [0.29, 0.717) is 43.4 Å². The van der Waals surface area contributed by atoms with Gasteiger partial charge in [-0.2, -0.15) is 13.2 Å². The van der Waals surface area contributed by atoms with Gasteiger partial charge in [0.25, 0.3) is 5.91 Å². The molecule has 2 aliphatic heterocycles. The van der Waals surface area contributed by atoms with E-state index >= 15 is 8.78 Å². The third-order valence-electron chi connectivity index (χ3n) is 7.75. The Kier molecular flexibility index (Phi) is 10.7. The number of amides is 3. The largest absolute Gasteiger partial charge is 0.390 e. The van der Waals surface area contributed by atoms with Crippen molar-refractivity contribution in [2.24, 2.45) is 0 Å². The third-order valence-corrected chi connectivity index (χ3v) is 7.99. The number of halogens is 6. The first kappa shape index (κ1) is 33.4. The second-order valence-corrected chi connectivity index (χ2v) is 11.3. The van der Waals surface area contributed by atoms with Crippen molar-refractivity contribution in [3.05, 3.63) is 58.1 Å². The predicted molar refractivity (Wildman–Crippen MR) is 156 cm³/mol. The van der Waals surface area contributed by atoms with E-state index in [-0.39, 0.29) is 42.8 Å². The normalized spacial score (nSPS) is 19.5. The number of hydrogen-bond donors (Lipinski definition) is 3. The van der Waals surface area contributed by atoms with Gasteiger partial charge in [-0.1, -0.05) is 17.7 Å². The zero-order valence-electron chi connectivity index (χ0n) is 24.2. The fraction of sp³-hybridized carbons (Fsp3) is 0.483. The smallest absolute Gasteiger partial charge is 0.365 e. The van der Waals surface area contributed by atoms with Gasteiger partial charge in [-0.3, -0.25) is 19.3 Å². The van der Waals surface area contributed by atoms with E-state index in [1.54, 1.807) is 11.0 Å². The van der Waals surface area contributed by atoms with Crippen molar-refractivity contribution in [2.45, 2.75) is 45.1 Å². The molecule has 3 amide bonds. The van der Waals surface area contributed by atoms with Gasteiger partial charge < -0.3 is 25.8 Å². The Labute approximate surface area is 256 Å². The maximum Gasteiger partial charge on any atom is 0.390 e. The number of anilines is 2. The molecule has 9 nitrogen and oxygen atoms in total. The minimum absolute atomic E-state index is 0.125. The molecular formula is C29H34ClF5N6O3. The average molecular weight is 645 g/mol. The standard InChI is InChI=1S/C29H34ClF5N6O3/c1-17-16-39(9-7-29(33,34)35)11-12-40(17)23-13-20(30)4-6-22(23)38-27(43)21-5-3-19(25(31)26(21)32)14-37-28(44)24-15-36-8-10-41(24)18(2)42/h3-6,13,17,24,36H,7-12,14-16H2,1-2H3,(H,37,44)(H,38,43)/t17-,24+/m1/s1. The molecular weight excluding hydrogens is 611 g/mol. The molecule has 0 unspecified atom stereocenters. The lowest BCUT2D eigenvalue weighted by molar-refractivity contribution is -0.140. The summed E-state index contributed by atoms with van der Waals surface area (Å²) in [4.78, 5) is 42.6. The van der Waals surface area contributed by atoms with Crippen LogP contribution in [-0.4, -0.2) is 91.6 Å². The summed E-state index contributed by atoms with van der Waals surface area (Å²) in [5, 5.41) is 8.50. The molecule has 44 heavy (non-hydrogen) atoms. The van der Waals surface area contributed by atoms with Gasteiger partial charge in [0, 0.05) is 75.9 Å². The maximum atomic E-state index is 15.1. The Morgan fingerprint density at radius 2 is 1.82 bits per heavy atom. The number of piperazine rings is 2. The van der Waals surface area contributed by atoms with Crippen molar-refractivity contribution in [1.82, 2.24) is 20.4 Å². The van der Waals surface area contributed by atoms with Crippen molar-refractivity contribution in [2.75, 3.05) is 56.0 Å². The van der Waals surface area contributed by atoms with Crippen LogP contribution in [0, 0.1) is 11.6 Å². The Bertz CT molecular complexity index is 1390. The molecule has 0 radical (unpaired) electrons. The van der Waals surface area contributed by atoms with Crippen LogP contribution in [0.25, 0.3) is 0 Å². The van der Waals surface area contributed by atoms with Crippen LogP contribution in [0.2, 0.25) is 5.02 Å². The van der Waals surface area contributed by atoms with Gasteiger partial charge in [0.15, 0.2) is 11.6 Å². The molecule has 2 atom stereocenters. The van der Waals surface area contributed by atoms with Crippen LogP contribution >= 0.6 is 11.6 Å². The van der Waals surface area contributed by atoms with Gasteiger partial charge in [-0.15, -0.1) is 0 Å². The monoisotopic (exact) mass is 644 g/mol. The van der Waals surface area contributed by atoms with Gasteiger partial charge in [-0.05, 0) is 31.2 Å². The van der Waals surface area contributed by atoms with E-state index in [2.05, 4.69) is 16.0 Å². The molecule has 2 aromatic carbocycles. The maximum absolute atomic E-state index is 15.1. The molecule has 4 rings (SSSR count). The fourth-order valence-electron chi connectivity index (χ4n) is 5.43. The minimum Gasteiger partial charge on any atom is -0.365 e. The van der Waals surface area contributed by atoms with E-state index in [1.165, 1.54) is 30.0 Å². The lowest BCUT2D eigenvalue weighted by Gasteiger charge is -2.42. The Morgan fingerprint density at radius 1 is 1.07 bits per heavy atom. The average Bonchev–Trinajstić information content (AvgIpc) is 2.97. The van der Waals surface area contributed by atoms with Crippen LogP contribution in [0.4, 0.5) is 33.3 Å². The van der Waals surface area contributed by atoms with Crippen LogP contribution in [-0.2, 0) is 16.1 Å². The van der Waals surface area contributed by atoms with Crippen LogP contribution < -0.4 is 20.9 Å². The summed E-state index contributed by atoms with van der Waals surface area (Å²) in [5.74, 6) is -4.44. The summed E-state index contributed by atoms with van der Waals surface area (Å²) >= 11 is 6.22. The molecule has 3 N–H and O–H groups in total. The first-order valence-corrected chi connectivity index (χ1v) is 14.5. The van der Waals surface area contributed by atoms with Crippen LogP contribution in [0.15, 0.2) is 30.3 Å². The molecule has 0 bridgehead atoms. The third kappa shape index (κ3) is 8.16. The number of nitrogens with one attached hydrogen (secondary N) is 3. The number of hydrogen-bond acceptors (Lipinski definition) is 6. The topological polar surface area (TPSA) is 97.0 Å². The van der Waals surface area contributed by atoms with Crippen LogP contribution in [0.1, 0.15) is 36.2 Å². The number of rotatable bonds is 8. The van der Waals surface area contributed by atoms with Crippen molar-refractivity contribution < 1.29 is 36.3 Å². The Hall–Kier alpha value is -3.49. The SMILES string of the molecule is CC(=O)N1CCNC[C@H]1C(=O)NCc1ccc(C(=O)Nc2ccc(Cl)cc2N2CCN(CCC(F)(F)F)C[C@H]2C)c(F)c1F. The number of nitrogens with zero attached hydrogens (tertiary/aromatic N) is 3. The van der Waals surface area contributed by atoms with Gasteiger partial charge in [-0.25, -0.2) is 8.78 Å². The highest BCUT2D eigenvalue weighted by molar-refractivity contribution is 6.31. The summed E-state index contributed by atoms with van der Waals surface area (Å²) < 4.78 is 68.2. The van der Waals surface area contributed by atoms with Gasteiger partial charge in [0.05, 0.1) is 23.4 Å². The lowest BCUT2D eigenvalue weighted by atomic mass is 10.1. The van der Waals surface area contributed by atoms with E-state index in [4.69, 9.17) is 11.6 Å². The summed E-state index contributed by atoms with van der Waals surface area (Å²) in [6.07, 6.45) is -5.17. The fourth-order valence-corrected chi connectivity index (χ4v) is 5.60. The van der Waals surface area contributed by atoms with E-state index in [1.807, 2.05) is 11.8 Å². The molecule has 15 heteroatoms. The van der Waals surface area contributed by atoms with Gasteiger partial charge in [0.1, 0.15) is 6.04 Å². The van der Waals surface area contributed by atoms with E-state index in [0.717, 1.165) is 6.07 Å². The molecule has 2 fully saturated rings. The van der Waals surface area contributed by atoms with E-state index in [9.17, 15) is 27.6 Å². The highest BCUT2D eigenvalue weighted by Gasteiger charge is 2.32. The minimum atomic E-state index is -4.25. The van der Waals surface area contributed by atoms with Crippen molar-refractivity contribution in [3.63, 3.8) is 0 Å². The second kappa shape index (κ2) is 14.1. The van der Waals surface area contributed by atoms with Gasteiger partial charge >= 0.3 is 6.18 Å². The lowest BCUT2D eigenvalue weighted by Crippen LogP contribution is -2.59. The molecule has 2 aromatic rings. The molecule has 2 saturated heterocycles. The first-order chi connectivity index (χ1) is 20.7. The Morgan fingerprint density at radius 3 is 2.50 bits per heavy atom. The second-order valence-electron chi connectivity index (χ2n) is 10.9. The van der Waals surface area contributed by atoms with Crippen molar-refractivity contribution in [1.29, 1.82) is 0 Å². The van der Waals surface area contributed by atoms with Crippen LogP contribution in [0.5, 0.6) is 0 Å². The number of carbonyl (C=O) groups excluding carboxylic acids is 3. The zero-order chi connectivity index (χ0) is 32.2. The summed E-state index contributed by atoms with van der Waals surface area (Å²) in [7, 11) is 0. The first-order valence-electron chi connectivity index (χ1n) is 14.1. The molecule has 240 valence electrons. The van der Waals surface area contributed by atoms with E-state index < -0.39 is 47.7 Å². The number of benzene rings is 2. The summed E-state index contributed by atoms with van der Waals surface area (Å²) in [6, 6.07) is 5.90. The Balaban J connectivity index is 1.44. The van der Waals surface area contributed by atoms with Crippen LogP contribution in [0.3, 0.4) is 0 Å². The molecule has 2 heterocycles. The molecule has 0 aliphatic carbocycles. The molecule has 0 saturated carbocycles. The number of alkyl halides is 3. The van der Waals surface area contributed by atoms with Gasteiger partial charge in [0.2, 0.25) is 11.8 Å². The predicted octanol–water partition coefficient (Wildman–Crippen LogP) is 3.77.